The molecule has 5 heteroatoms. The van der Waals surface area contributed by atoms with Gasteiger partial charge in [-0.2, -0.15) is 0 Å². The number of fused-ring (bicyclic) bond motifs is 12. The van der Waals surface area contributed by atoms with E-state index < -0.39 is 0 Å². The Labute approximate surface area is 246 Å². The van der Waals surface area contributed by atoms with E-state index in [0.717, 1.165) is 50.2 Å². The summed E-state index contributed by atoms with van der Waals surface area (Å²) in [6, 6.07) is 39.7. The first-order valence-corrected chi connectivity index (χ1v) is 14.8. The average molecular weight is 554 g/mol. The summed E-state index contributed by atoms with van der Waals surface area (Å²) in [5.41, 5.74) is 11.4. The van der Waals surface area contributed by atoms with Gasteiger partial charge in [0.25, 0.3) is 0 Å². The highest BCUT2D eigenvalue weighted by atomic mass is 15.3. The molecular formula is C38H27N5. The van der Waals surface area contributed by atoms with Crippen molar-refractivity contribution in [2.24, 2.45) is 0 Å². The van der Waals surface area contributed by atoms with E-state index >= 15 is 0 Å². The maximum Gasteiger partial charge on any atom is 0.223 e. The fourth-order valence-electron chi connectivity index (χ4n) is 7.07. The highest BCUT2D eigenvalue weighted by Crippen LogP contribution is 2.39. The highest BCUT2D eigenvalue weighted by Gasteiger charge is 2.25. The summed E-state index contributed by atoms with van der Waals surface area (Å²) in [4.78, 5) is 10.5. The van der Waals surface area contributed by atoms with Crippen LogP contribution in [0, 0.1) is 0 Å². The molecule has 0 aliphatic carbocycles. The van der Waals surface area contributed by atoms with Crippen molar-refractivity contribution in [1.82, 2.24) is 23.2 Å². The Bertz CT molecular complexity index is 2610. The lowest BCUT2D eigenvalue weighted by Gasteiger charge is -2.20. The molecule has 10 aromatic rings. The van der Waals surface area contributed by atoms with Crippen LogP contribution in [-0.2, 0) is 5.41 Å². The lowest BCUT2D eigenvalue weighted by molar-refractivity contribution is 0.590. The zero-order chi connectivity index (χ0) is 28.6. The number of nitrogens with zero attached hydrogens (tertiary/aromatic N) is 5. The summed E-state index contributed by atoms with van der Waals surface area (Å²) in [5.74, 6) is 1.78. The first kappa shape index (κ1) is 23.2. The molecule has 0 spiro atoms. The van der Waals surface area contributed by atoms with E-state index in [0.29, 0.717) is 0 Å². The van der Waals surface area contributed by atoms with Crippen molar-refractivity contribution in [3.63, 3.8) is 0 Å². The van der Waals surface area contributed by atoms with Gasteiger partial charge in [-0.1, -0.05) is 93.6 Å². The smallest absolute Gasteiger partial charge is 0.223 e. The fourth-order valence-corrected chi connectivity index (χ4v) is 7.07. The second-order valence-electron chi connectivity index (χ2n) is 12.9. The number of hydrogen-bond donors (Lipinski definition) is 0. The van der Waals surface area contributed by atoms with E-state index in [-0.39, 0.29) is 5.41 Å². The fraction of sp³-hybridized carbons (Fsp3) is 0.105. The van der Waals surface area contributed by atoms with Crippen molar-refractivity contribution < 1.29 is 0 Å². The molecule has 0 aliphatic rings. The van der Waals surface area contributed by atoms with Crippen LogP contribution in [0.3, 0.4) is 0 Å². The predicted molar refractivity (Wildman–Crippen MR) is 178 cm³/mol. The molecule has 0 amide bonds. The minimum absolute atomic E-state index is 0.0594. The van der Waals surface area contributed by atoms with Gasteiger partial charge < -0.3 is 0 Å². The number of benzene rings is 6. The number of rotatable bonds is 1. The topological polar surface area (TPSA) is 39.0 Å². The van der Waals surface area contributed by atoms with Gasteiger partial charge in [0.1, 0.15) is 5.52 Å². The van der Waals surface area contributed by atoms with Crippen LogP contribution in [0.1, 0.15) is 26.3 Å². The molecular weight excluding hydrogens is 526 g/mol. The Kier molecular flexibility index (Phi) is 4.15. The maximum atomic E-state index is 5.25. The molecule has 0 bridgehead atoms. The summed E-state index contributed by atoms with van der Waals surface area (Å²) in [6.07, 6.45) is 0. The molecule has 43 heavy (non-hydrogen) atoms. The molecule has 0 radical (unpaired) electrons. The average Bonchev–Trinajstić information content (AvgIpc) is 3.73. The third-order valence-electron chi connectivity index (χ3n) is 9.25. The largest absolute Gasteiger partial charge is 0.276 e. The quantitative estimate of drug-likeness (QED) is 0.203. The van der Waals surface area contributed by atoms with Gasteiger partial charge in [-0.15, -0.1) is 0 Å². The van der Waals surface area contributed by atoms with E-state index in [1.165, 1.54) is 38.2 Å². The summed E-state index contributed by atoms with van der Waals surface area (Å²) < 4.78 is 6.92. The number of imidazole rings is 4. The van der Waals surface area contributed by atoms with Crippen LogP contribution >= 0.6 is 0 Å². The maximum absolute atomic E-state index is 5.25. The lowest BCUT2D eigenvalue weighted by atomic mass is 9.85. The van der Waals surface area contributed by atoms with Gasteiger partial charge in [0.05, 0.1) is 33.1 Å². The molecule has 5 nitrogen and oxygen atoms in total. The van der Waals surface area contributed by atoms with Gasteiger partial charge in [0, 0.05) is 0 Å². The summed E-state index contributed by atoms with van der Waals surface area (Å²) in [7, 11) is 0. The van der Waals surface area contributed by atoms with Gasteiger partial charge >= 0.3 is 0 Å². The molecule has 0 saturated carbocycles. The summed E-state index contributed by atoms with van der Waals surface area (Å²) >= 11 is 0. The molecule has 0 saturated heterocycles. The number of hydrogen-bond acceptors (Lipinski definition) is 2. The normalized spacial score (nSPS) is 13.0. The minimum atomic E-state index is 0.0594. The van der Waals surface area contributed by atoms with Crippen molar-refractivity contribution >= 4 is 71.7 Å². The predicted octanol–water partition coefficient (Wildman–Crippen LogP) is 9.40. The van der Waals surface area contributed by atoms with E-state index in [1.807, 2.05) is 0 Å². The minimum Gasteiger partial charge on any atom is -0.276 e. The van der Waals surface area contributed by atoms with Crippen molar-refractivity contribution in [3.8, 4) is 11.1 Å². The van der Waals surface area contributed by atoms with Crippen LogP contribution in [0.4, 0.5) is 0 Å². The van der Waals surface area contributed by atoms with E-state index in [2.05, 4.69) is 143 Å². The third kappa shape index (κ3) is 3.01. The number of aromatic nitrogens is 5. The van der Waals surface area contributed by atoms with E-state index in [1.54, 1.807) is 0 Å². The van der Waals surface area contributed by atoms with E-state index in [9.17, 15) is 0 Å². The highest BCUT2D eigenvalue weighted by molar-refractivity contribution is 6.08. The Morgan fingerprint density at radius 1 is 0.465 bits per heavy atom. The SMILES string of the molecule is CC(C)(C)c1cccc(-c2cc3c4c(c2)n2c5cc6ccccc6cc5nc2n4c2nc4cc5ccccc5cc4n32)c1. The lowest BCUT2D eigenvalue weighted by Crippen LogP contribution is -2.10. The summed E-state index contributed by atoms with van der Waals surface area (Å²) in [5, 5.41) is 4.81. The Balaban J connectivity index is 1.42. The van der Waals surface area contributed by atoms with Gasteiger partial charge in [0.2, 0.25) is 11.6 Å². The van der Waals surface area contributed by atoms with Crippen LogP contribution < -0.4 is 0 Å². The Morgan fingerprint density at radius 3 is 1.49 bits per heavy atom. The molecule has 0 N–H and O–H groups in total. The molecule has 4 aromatic heterocycles. The zero-order valence-electron chi connectivity index (χ0n) is 24.1. The van der Waals surface area contributed by atoms with Gasteiger partial charge in [-0.05, 0) is 80.0 Å². The monoisotopic (exact) mass is 553 g/mol. The van der Waals surface area contributed by atoms with Crippen molar-refractivity contribution in [1.29, 1.82) is 0 Å². The molecule has 4 heterocycles. The molecule has 0 aliphatic heterocycles. The second kappa shape index (κ2) is 7.69. The standard InChI is InChI=1S/C38H27N5/c1-38(2,3)28-14-8-13-22(15-28)27-20-33-35-34(21-27)42-32-19-26-12-7-5-10-24(26)17-30(32)40-37(42)43(35)36-39-29-16-23-9-4-6-11-25(23)18-31(29)41(33)36/h4-21H,1-3H3. The van der Waals surface area contributed by atoms with Crippen molar-refractivity contribution in [2.45, 2.75) is 26.2 Å². The van der Waals surface area contributed by atoms with Gasteiger partial charge in [-0.3, -0.25) is 8.80 Å². The first-order valence-electron chi connectivity index (χ1n) is 14.8. The van der Waals surface area contributed by atoms with Gasteiger partial charge in [0.15, 0.2) is 0 Å². The molecule has 10 rings (SSSR count). The van der Waals surface area contributed by atoms with Crippen molar-refractivity contribution in [3.05, 3.63) is 115 Å². The molecule has 0 fully saturated rings. The summed E-state index contributed by atoms with van der Waals surface area (Å²) in [6.45, 7) is 6.82. The first-order chi connectivity index (χ1) is 20.9. The van der Waals surface area contributed by atoms with Crippen LogP contribution in [-0.4, -0.2) is 23.2 Å². The zero-order valence-corrected chi connectivity index (χ0v) is 24.1. The Hall–Kier alpha value is -5.42. The van der Waals surface area contributed by atoms with Gasteiger partial charge in [-0.25, -0.2) is 14.4 Å². The molecule has 6 aromatic carbocycles. The third-order valence-corrected chi connectivity index (χ3v) is 9.25. The molecule has 0 atom stereocenters. The van der Waals surface area contributed by atoms with Crippen LogP contribution in [0.5, 0.6) is 0 Å². The van der Waals surface area contributed by atoms with Crippen LogP contribution in [0.25, 0.3) is 82.8 Å². The Morgan fingerprint density at radius 2 is 0.977 bits per heavy atom. The second-order valence-corrected chi connectivity index (χ2v) is 12.9. The van der Waals surface area contributed by atoms with Crippen LogP contribution in [0.2, 0.25) is 0 Å². The van der Waals surface area contributed by atoms with Crippen LogP contribution in [0.15, 0.2) is 109 Å². The van der Waals surface area contributed by atoms with Crippen molar-refractivity contribution in [2.75, 3.05) is 0 Å². The molecule has 204 valence electrons. The van der Waals surface area contributed by atoms with E-state index in [4.69, 9.17) is 9.97 Å². The molecule has 0 unspecified atom stereocenters.